The molecule has 0 amide bonds. The van der Waals surface area contributed by atoms with Gasteiger partial charge in [0, 0.05) is 32.7 Å². The summed E-state index contributed by atoms with van der Waals surface area (Å²) in [6.07, 6.45) is 5.16. The van der Waals surface area contributed by atoms with Gasteiger partial charge in [-0.05, 0) is 20.4 Å². The Labute approximate surface area is 87.9 Å². The van der Waals surface area contributed by atoms with E-state index in [1.54, 1.807) is 0 Å². The molecule has 0 N–H and O–H groups in total. The second-order valence-electron chi connectivity index (χ2n) is 4.14. The van der Waals surface area contributed by atoms with Crippen LogP contribution in [0.15, 0.2) is 24.3 Å². The lowest BCUT2D eigenvalue weighted by Gasteiger charge is -2.32. The Bertz CT molecular complexity index is 200. The van der Waals surface area contributed by atoms with Crippen LogP contribution < -0.4 is 0 Å². The molecule has 0 aromatic rings. The molecule has 0 unspecified atom stereocenters. The van der Waals surface area contributed by atoms with E-state index < -0.39 is 0 Å². The van der Waals surface area contributed by atoms with Gasteiger partial charge in [0.25, 0.3) is 0 Å². The van der Waals surface area contributed by atoms with Crippen LogP contribution in [0.1, 0.15) is 13.3 Å². The Balaban J connectivity index is 2.19. The number of hydrogen-bond donors (Lipinski definition) is 0. The molecule has 1 fully saturated rings. The van der Waals surface area contributed by atoms with Gasteiger partial charge >= 0.3 is 0 Å². The summed E-state index contributed by atoms with van der Waals surface area (Å²) in [7, 11) is 2.19. The van der Waals surface area contributed by atoms with Crippen LogP contribution in [0, 0.1) is 0 Å². The third kappa shape index (κ3) is 4.07. The van der Waals surface area contributed by atoms with Crippen LogP contribution >= 0.6 is 0 Å². The summed E-state index contributed by atoms with van der Waals surface area (Å²) in [5.74, 6) is 0. The number of rotatable bonds is 4. The van der Waals surface area contributed by atoms with E-state index in [0.717, 1.165) is 0 Å². The highest BCUT2D eigenvalue weighted by molar-refractivity contribution is 5.07. The fourth-order valence-electron chi connectivity index (χ4n) is 1.69. The Morgan fingerprint density at radius 1 is 1.29 bits per heavy atom. The van der Waals surface area contributed by atoms with Gasteiger partial charge in [-0.15, -0.1) is 0 Å². The molecule has 1 saturated heterocycles. The van der Waals surface area contributed by atoms with Gasteiger partial charge < -0.3 is 9.80 Å². The van der Waals surface area contributed by atoms with Crippen LogP contribution in [0.25, 0.3) is 0 Å². The molecule has 14 heavy (non-hydrogen) atoms. The summed E-state index contributed by atoms with van der Waals surface area (Å²) < 4.78 is 0. The predicted molar refractivity (Wildman–Crippen MR) is 62.5 cm³/mol. The molecule has 0 bridgehead atoms. The molecule has 0 radical (unpaired) electrons. The van der Waals surface area contributed by atoms with Crippen molar-refractivity contribution in [2.75, 3.05) is 39.8 Å². The molecule has 0 saturated carbocycles. The van der Waals surface area contributed by atoms with E-state index in [-0.39, 0.29) is 0 Å². The zero-order chi connectivity index (χ0) is 10.4. The van der Waals surface area contributed by atoms with Crippen molar-refractivity contribution in [3.63, 3.8) is 0 Å². The van der Waals surface area contributed by atoms with Crippen molar-refractivity contribution >= 4 is 0 Å². The third-order valence-corrected chi connectivity index (χ3v) is 2.82. The monoisotopic (exact) mass is 194 g/mol. The highest BCUT2D eigenvalue weighted by Crippen LogP contribution is 2.05. The van der Waals surface area contributed by atoms with Crippen molar-refractivity contribution in [3.05, 3.63) is 24.3 Å². The molecule has 1 heterocycles. The summed E-state index contributed by atoms with van der Waals surface area (Å²) in [5.41, 5.74) is 1.43. The average Bonchev–Trinajstić information content (AvgIpc) is 2.17. The van der Waals surface area contributed by atoms with E-state index in [4.69, 9.17) is 0 Å². The van der Waals surface area contributed by atoms with Crippen LogP contribution in [0.2, 0.25) is 0 Å². The SMILES string of the molecule is C=C/C=C(\C)CCN1CCN(C)CC1. The lowest BCUT2D eigenvalue weighted by Crippen LogP contribution is -2.44. The first-order valence-corrected chi connectivity index (χ1v) is 5.41. The van der Waals surface area contributed by atoms with E-state index in [0.29, 0.717) is 0 Å². The Kier molecular flexibility index (Phi) is 4.91. The maximum atomic E-state index is 3.71. The first kappa shape index (κ1) is 11.5. The summed E-state index contributed by atoms with van der Waals surface area (Å²) in [5, 5.41) is 0. The highest BCUT2D eigenvalue weighted by atomic mass is 15.2. The standard InChI is InChI=1S/C12H22N2/c1-4-5-12(2)6-7-14-10-8-13(3)9-11-14/h4-5H,1,6-11H2,2-3H3/b12-5+. The van der Waals surface area contributed by atoms with Gasteiger partial charge in [0.2, 0.25) is 0 Å². The fraction of sp³-hybridized carbons (Fsp3) is 0.667. The largest absolute Gasteiger partial charge is 0.304 e. The van der Waals surface area contributed by atoms with E-state index in [2.05, 4.69) is 36.4 Å². The molecule has 1 aliphatic rings. The maximum Gasteiger partial charge on any atom is 0.0110 e. The molecule has 0 aromatic heterocycles. The fourth-order valence-corrected chi connectivity index (χ4v) is 1.69. The van der Waals surface area contributed by atoms with E-state index in [9.17, 15) is 0 Å². The second-order valence-corrected chi connectivity index (χ2v) is 4.14. The van der Waals surface area contributed by atoms with Crippen molar-refractivity contribution in [3.8, 4) is 0 Å². The number of likely N-dealkylation sites (N-methyl/N-ethyl adjacent to an activating group) is 1. The number of hydrogen-bond acceptors (Lipinski definition) is 2. The molecule has 2 nitrogen and oxygen atoms in total. The van der Waals surface area contributed by atoms with Crippen molar-refractivity contribution in [1.82, 2.24) is 9.80 Å². The first-order valence-electron chi connectivity index (χ1n) is 5.41. The molecule has 2 heteroatoms. The summed E-state index contributed by atoms with van der Waals surface area (Å²) in [6, 6.07) is 0. The molecule has 1 aliphatic heterocycles. The van der Waals surface area contributed by atoms with Gasteiger partial charge in [-0.1, -0.05) is 24.3 Å². The molecule has 0 aliphatic carbocycles. The van der Waals surface area contributed by atoms with E-state index >= 15 is 0 Å². The molecule has 80 valence electrons. The molecule has 1 rings (SSSR count). The van der Waals surface area contributed by atoms with E-state index in [1.807, 2.05) is 6.08 Å². The lowest BCUT2D eigenvalue weighted by molar-refractivity contribution is 0.155. The van der Waals surface area contributed by atoms with E-state index in [1.165, 1.54) is 44.7 Å². The maximum absolute atomic E-state index is 3.71. The van der Waals surface area contributed by atoms with Gasteiger partial charge in [0.1, 0.15) is 0 Å². The molecule has 0 spiro atoms. The van der Waals surface area contributed by atoms with Crippen LogP contribution in [0.3, 0.4) is 0 Å². The molecular weight excluding hydrogens is 172 g/mol. The van der Waals surface area contributed by atoms with Crippen molar-refractivity contribution < 1.29 is 0 Å². The minimum absolute atomic E-state index is 1.18. The van der Waals surface area contributed by atoms with Crippen molar-refractivity contribution in [2.24, 2.45) is 0 Å². The normalized spacial score (nSPS) is 21.1. The van der Waals surface area contributed by atoms with Gasteiger partial charge in [-0.25, -0.2) is 0 Å². The summed E-state index contributed by atoms with van der Waals surface area (Å²) >= 11 is 0. The Hall–Kier alpha value is -0.600. The smallest absolute Gasteiger partial charge is 0.0110 e. The Morgan fingerprint density at radius 2 is 1.93 bits per heavy atom. The minimum Gasteiger partial charge on any atom is -0.304 e. The van der Waals surface area contributed by atoms with Crippen LogP contribution in [0.5, 0.6) is 0 Å². The quantitative estimate of drug-likeness (QED) is 0.629. The highest BCUT2D eigenvalue weighted by Gasteiger charge is 2.12. The third-order valence-electron chi connectivity index (χ3n) is 2.82. The van der Waals surface area contributed by atoms with Gasteiger partial charge in [-0.3, -0.25) is 0 Å². The Morgan fingerprint density at radius 3 is 2.50 bits per heavy atom. The summed E-state index contributed by atoms with van der Waals surface area (Å²) in [6.45, 7) is 12.0. The summed E-state index contributed by atoms with van der Waals surface area (Å²) in [4.78, 5) is 4.93. The topological polar surface area (TPSA) is 6.48 Å². The number of piperazine rings is 1. The lowest BCUT2D eigenvalue weighted by atomic mass is 10.2. The number of allylic oxidation sites excluding steroid dienone is 2. The van der Waals surface area contributed by atoms with Crippen LogP contribution in [-0.2, 0) is 0 Å². The predicted octanol–water partition coefficient (Wildman–Crippen LogP) is 1.76. The van der Waals surface area contributed by atoms with Crippen molar-refractivity contribution in [2.45, 2.75) is 13.3 Å². The van der Waals surface area contributed by atoms with Gasteiger partial charge in [0.05, 0.1) is 0 Å². The van der Waals surface area contributed by atoms with Gasteiger partial charge in [0.15, 0.2) is 0 Å². The van der Waals surface area contributed by atoms with Crippen LogP contribution in [0.4, 0.5) is 0 Å². The molecule has 0 aromatic carbocycles. The molecular formula is C12H22N2. The van der Waals surface area contributed by atoms with Gasteiger partial charge in [-0.2, -0.15) is 0 Å². The van der Waals surface area contributed by atoms with Crippen LogP contribution in [-0.4, -0.2) is 49.6 Å². The second kappa shape index (κ2) is 5.99. The average molecular weight is 194 g/mol. The zero-order valence-corrected chi connectivity index (χ0v) is 9.50. The zero-order valence-electron chi connectivity index (χ0n) is 9.50. The van der Waals surface area contributed by atoms with Crippen molar-refractivity contribution in [1.29, 1.82) is 0 Å². The number of nitrogens with zero attached hydrogens (tertiary/aromatic N) is 2. The minimum atomic E-state index is 1.18. The first-order chi connectivity index (χ1) is 6.72. The molecule has 0 atom stereocenters.